The van der Waals surface area contributed by atoms with E-state index in [4.69, 9.17) is 10.3 Å². The molecule has 0 aliphatic rings. The number of para-hydroxylation sites is 2. The van der Waals surface area contributed by atoms with Crippen molar-refractivity contribution in [3.63, 3.8) is 0 Å². The Bertz CT molecular complexity index is 879. The summed E-state index contributed by atoms with van der Waals surface area (Å²) in [5.74, 6) is 6.00. The average molecular weight is 282 g/mol. The molecule has 4 rings (SSSR count). The summed E-state index contributed by atoms with van der Waals surface area (Å²) >= 11 is 1.50. The molecular formula is C14H10N4OS. The predicted octanol–water partition coefficient (Wildman–Crippen LogP) is 3.39. The first kappa shape index (κ1) is 11.4. The fraction of sp³-hybridized carbons (Fsp3) is 0. The molecule has 5 nitrogen and oxygen atoms in total. The Morgan fingerprint density at radius 3 is 2.80 bits per heavy atom. The third-order valence-electron chi connectivity index (χ3n) is 3.05. The molecule has 0 amide bonds. The second-order valence-electron chi connectivity index (χ2n) is 4.33. The highest BCUT2D eigenvalue weighted by Crippen LogP contribution is 2.31. The number of thiazole rings is 1. The van der Waals surface area contributed by atoms with Crippen molar-refractivity contribution in [2.24, 2.45) is 5.84 Å². The minimum Gasteiger partial charge on any atom is -0.436 e. The van der Waals surface area contributed by atoms with Crippen molar-refractivity contribution >= 4 is 37.8 Å². The van der Waals surface area contributed by atoms with Crippen molar-refractivity contribution in [3.05, 3.63) is 42.5 Å². The van der Waals surface area contributed by atoms with Gasteiger partial charge in [0.15, 0.2) is 10.7 Å². The summed E-state index contributed by atoms with van der Waals surface area (Å²) in [6.45, 7) is 0. The lowest BCUT2D eigenvalue weighted by Gasteiger charge is -1.94. The summed E-state index contributed by atoms with van der Waals surface area (Å²) < 4.78 is 6.81. The van der Waals surface area contributed by atoms with Crippen LogP contribution < -0.4 is 11.3 Å². The molecule has 2 heterocycles. The summed E-state index contributed by atoms with van der Waals surface area (Å²) in [5.41, 5.74) is 6.05. The van der Waals surface area contributed by atoms with Crippen LogP contribution in [0.5, 0.6) is 0 Å². The van der Waals surface area contributed by atoms with Gasteiger partial charge in [-0.25, -0.2) is 15.8 Å². The quantitative estimate of drug-likeness (QED) is 0.435. The van der Waals surface area contributed by atoms with E-state index in [0.717, 1.165) is 26.9 Å². The molecule has 98 valence electrons. The fourth-order valence-electron chi connectivity index (χ4n) is 2.12. The van der Waals surface area contributed by atoms with Crippen LogP contribution in [0.4, 0.5) is 5.13 Å². The van der Waals surface area contributed by atoms with Gasteiger partial charge in [-0.3, -0.25) is 5.43 Å². The second-order valence-corrected chi connectivity index (χ2v) is 5.36. The molecule has 0 saturated heterocycles. The molecule has 0 radical (unpaired) electrons. The maximum Gasteiger partial charge on any atom is 0.227 e. The molecule has 4 aromatic rings. The van der Waals surface area contributed by atoms with E-state index in [1.165, 1.54) is 11.3 Å². The highest BCUT2D eigenvalue weighted by atomic mass is 32.1. The molecule has 2 aromatic heterocycles. The molecule has 0 aliphatic carbocycles. The molecule has 20 heavy (non-hydrogen) atoms. The van der Waals surface area contributed by atoms with Gasteiger partial charge in [0.25, 0.3) is 0 Å². The fourth-order valence-corrected chi connectivity index (χ4v) is 2.93. The number of aromatic nitrogens is 2. The maximum absolute atomic E-state index is 5.77. The molecule has 6 heteroatoms. The van der Waals surface area contributed by atoms with Crippen molar-refractivity contribution < 1.29 is 4.42 Å². The van der Waals surface area contributed by atoms with Crippen molar-refractivity contribution in [1.82, 2.24) is 9.97 Å². The highest BCUT2D eigenvalue weighted by Gasteiger charge is 2.10. The van der Waals surface area contributed by atoms with E-state index in [1.807, 2.05) is 42.5 Å². The van der Waals surface area contributed by atoms with Crippen LogP contribution in [0.25, 0.3) is 32.8 Å². The molecule has 0 fully saturated rings. The number of anilines is 1. The number of nitrogens with zero attached hydrogens (tertiary/aromatic N) is 2. The number of hydrogen-bond acceptors (Lipinski definition) is 6. The first-order valence-electron chi connectivity index (χ1n) is 6.06. The van der Waals surface area contributed by atoms with E-state index in [2.05, 4.69) is 15.4 Å². The van der Waals surface area contributed by atoms with Crippen LogP contribution in [0.15, 0.2) is 46.9 Å². The van der Waals surface area contributed by atoms with Gasteiger partial charge in [-0.05, 0) is 30.3 Å². The summed E-state index contributed by atoms with van der Waals surface area (Å²) in [5, 5.41) is 0.690. The zero-order chi connectivity index (χ0) is 13.5. The number of nitrogen functional groups attached to an aromatic ring is 1. The number of oxazole rings is 1. The minimum atomic E-state index is 0.615. The lowest BCUT2D eigenvalue weighted by atomic mass is 10.2. The SMILES string of the molecule is NNc1nc2ccc(-c3nc4ccccc4o3)cc2s1. The Balaban J connectivity index is 1.88. The standard InChI is InChI=1S/C14H10N4OS/c15-18-14-17-10-6-5-8(7-12(10)20-14)13-16-9-3-1-2-4-11(9)19-13/h1-7H,15H2,(H,17,18). The molecule has 0 atom stereocenters. The number of rotatable bonds is 2. The average Bonchev–Trinajstić information content (AvgIpc) is 3.09. The van der Waals surface area contributed by atoms with Gasteiger partial charge in [-0.15, -0.1) is 0 Å². The zero-order valence-electron chi connectivity index (χ0n) is 10.3. The Morgan fingerprint density at radius 1 is 1.05 bits per heavy atom. The Kier molecular flexibility index (Phi) is 2.45. The molecule has 0 aliphatic heterocycles. The van der Waals surface area contributed by atoms with Gasteiger partial charge >= 0.3 is 0 Å². The topological polar surface area (TPSA) is 77.0 Å². The summed E-state index contributed by atoms with van der Waals surface area (Å²) in [6, 6.07) is 13.6. The Labute approximate surface area is 118 Å². The third-order valence-corrected chi connectivity index (χ3v) is 4.00. The largest absolute Gasteiger partial charge is 0.436 e. The molecule has 0 bridgehead atoms. The highest BCUT2D eigenvalue weighted by molar-refractivity contribution is 7.22. The van der Waals surface area contributed by atoms with Crippen molar-refractivity contribution in [3.8, 4) is 11.5 Å². The molecule has 2 aromatic carbocycles. The van der Waals surface area contributed by atoms with Gasteiger partial charge in [-0.1, -0.05) is 23.5 Å². The van der Waals surface area contributed by atoms with Crippen LogP contribution in [0, 0.1) is 0 Å². The minimum absolute atomic E-state index is 0.615. The van der Waals surface area contributed by atoms with Crippen LogP contribution >= 0.6 is 11.3 Å². The van der Waals surface area contributed by atoms with E-state index in [1.54, 1.807) is 0 Å². The first-order chi connectivity index (χ1) is 9.83. The van der Waals surface area contributed by atoms with Crippen LogP contribution in [-0.2, 0) is 0 Å². The predicted molar refractivity (Wildman–Crippen MR) is 80.4 cm³/mol. The zero-order valence-corrected chi connectivity index (χ0v) is 11.1. The molecule has 0 spiro atoms. The molecule has 0 saturated carbocycles. The van der Waals surface area contributed by atoms with Gasteiger partial charge in [0.1, 0.15) is 5.52 Å². The van der Waals surface area contributed by atoms with E-state index in [9.17, 15) is 0 Å². The monoisotopic (exact) mass is 282 g/mol. The smallest absolute Gasteiger partial charge is 0.227 e. The number of nitrogens with one attached hydrogen (secondary N) is 1. The maximum atomic E-state index is 5.77. The van der Waals surface area contributed by atoms with Gasteiger partial charge in [0.05, 0.1) is 10.2 Å². The summed E-state index contributed by atoms with van der Waals surface area (Å²) in [7, 11) is 0. The number of hydrogen-bond donors (Lipinski definition) is 2. The van der Waals surface area contributed by atoms with Gasteiger partial charge in [0.2, 0.25) is 5.89 Å². The van der Waals surface area contributed by atoms with E-state index in [0.29, 0.717) is 11.0 Å². The number of benzene rings is 2. The van der Waals surface area contributed by atoms with Crippen molar-refractivity contribution in [1.29, 1.82) is 0 Å². The van der Waals surface area contributed by atoms with Crippen LogP contribution in [0.2, 0.25) is 0 Å². The van der Waals surface area contributed by atoms with Crippen LogP contribution in [0.1, 0.15) is 0 Å². The van der Waals surface area contributed by atoms with E-state index >= 15 is 0 Å². The van der Waals surface area contributed by atoms with Gasteiger partial charge < -0.3 is 4.42 Å². The third kappa shape index (κ3) is 1.74. The number of hydrazine groups is 1. The van der Waals surface area contributed by atoms with Gasteiger partial charge in [-0.2, -0.15) is 0 Å². The molecule has 3 N–H and O–H groups in total. The second kappa shape index (κ2) is 4.29. The van der Waals surface area contributed by atoms with Crippen molar-refractivity contribution in [2.45, 2.75) is 0 Å². The van der Waals surface area contributed by atoms with E-state index in [-0.39, 0.29) is 0 Å². The van der Waals surface area contributed by atoms with E-state index < -0.39 is 0 Å². The van der Waals surface area contributed by atoms with Gasteiger partial charge in [0, 0.05) is 5.56 Å². The lowest BCUT2D eigenvalue weighted by Crippen LogP contribution is -2.05. The number of nitrogens with two attached hydrogens (primary N) is 1. The molecule has 0 unspecified atom stereocenters. The number of fused-ring (bicyclic) bond motifs is 2. The Morgan fingerprint density at radius 2 is 1.95 bits per heavy atom. The van der Waals surface area contributed by atoms with Crippen LogP contribution in [0.3, 0.4) is 0 Å². The lowest BCUT2D eigenvalue weighted by molar-refractivity contribution is 0.620. The normalized spacial score (nSPS) is 11.2. The Hall–Kier alpha value is -2.44. The van der Waals surface area contributed by atoms with Crippen LogP contribution in [-0.4, -0.2) is 9.97 Å². The summed E-state index contributed by atoms with van der Waals surface area (Å²) in [6.07, 6.45) is 0. The molecular weight excluding hydrogens is 272 g/mol. The van der Waals surface area contributed by atoms with Crippen molar-refractivity contribution in [2.75, 3.05) is 5.43 Å². The first-order valence-corrected chi connectivity index (χ1v) is 6.88. The summed E-state index contributed by atoms with van der Waals surface area (Å²) in [4.78, 5) is 8.83.